The number of aromatic amines is 1. The minimum Gasteiger partial charge on any atom is -0.459 e. The van der Waals surface area contributed by atoms with Gasteiger partial charge in [0, 0.05) is 42.0 Å². The van der Waals surface area contributed by atoms with Gasteiger partial charge in [0.25, 0.3) is 0 Å². The molecule has 0 aliphatic carbocycles. The van der Waals surface area contributed by atoms with Crippen LogP contribution in [0.1, 0.15) is 40.2 Å². The molecule has 2 saturated heterocycles. The summed E-state index contributed by atoms with van der Waals surface area (Å²) in [6.45, 7) is 0. The minimum absolute atomic E-state index is 0.0267. The van der Waals surface area contributed by atoms with Gasteiger partial charge in [0.1, 0.15) is 6.10 Å². The van der Waals surface area contributed by atoms with Gasteiger partial charge in [-0.05, 0) is 26.0 Å². The molecule has 2 bridgehead atoms. The van der Waals surface area contributed by atoms with Gasteiger partial charge in [-0.1, -0.05) is 18.1 Å². The van der Waals surface area contributed by atoms with Gasteiger partial charge in [0.05, 0.1) is 9.68 Å². The Morgan fingerprint density at radius 1 is 1.38 bits per heavy atom. The van der Waals surface area contributed by atoms with Crippen LogP contribution in [0.3, 0.4) is 0 Å². The summed E-state index contributed by atoms with van der Waals surface area (Å²) < 4.78 is 29.3. The molecule has 0 radical (unpaired) electrons. The number of hydrogen-bond acceptors (Lipinski definition) is 3. The molecule has 3 heterocycles. The molecule has 1 aromatic heterocycles. The third-order valence-corrected chi connectivity index (χ3v) is 4.94. The number of esters is 1. The Morgan fingerprint density at radius 3 is 2.90 bits per heavy atom. The van der Waals surface area contributed by atoms with E-state index in [2.05, 4.69) is 16.9 Å². The van der Waals surface area contributed by atoms with Crippen LogP contribution in [0.4, 0.5) is 0 Å². The van der Waals surface area contributed by atoms with Crippen molar-refractivity contribution in [2.24, 2.45) is 0 Å². The SMILES string of the molecule is [2H]c1cc2[nH]cc(C(=O)OC3CC4CC[C@H](C3)N4C)c2c([2H])c1[2H]. The molecule has 0 saturated carbocycles. The summed E-state index contributed by atoms with van der Waals surface area (Å²) >= 11 is 0. The number of ether oxygens (including phenoxy) is 1. The Kier molecular flexibility index (Phi) is 2.33. The molecule has 2 aliphatic heterocycles. The minimum atomic E-state index is -0.444. The van der Waals surface area contributed by atoms with E-state index in [9.17, 15) is 4.79 Å². The molecule has 4 rings (SSSR count). The van der Waals surface area contributed by atoms with E-state index in [1.165, 1.54) is 12.3 Å². The van der Waals surface area contributed by atoms with Gasteiger partial charge in [-0.15, -0.1) is 0 Å². The second-order valence-corrected chi connectivity index (χ2v) is 6.08. The van der Waals surface area contributed by atoms with E-state index in [-0.39, 0.29) is 29.8 Å². The maximum absolute atomic E-state index is 12.6. The van der Waals surface area contributed by atoms with Crippen molar-refractivity contribution in [2.45, 2.75) is 43.9 Å². The molecule has 2 fully saturated rings. The number of fused-ring (bicyclic) bond motifs is 3. The molecular formula is C17H20N2O2. The fourth-order valence-electron chi connectivity index (χ4n) is 3.73. The summed E-state index contributed by atoms with van der Waals surface area (Å²) in [6.07, 6.45) is 5.47. The first kappa shape index (κ1) is 10.0. The van der Waals surface area contributed by atoms with Gasteiger partial charge in [-0.2, -0.15) is 0 Å². The third-order valence-electron chi connectivity index (χ3n) is 4.94. The standard InChI is InChI=1S/C17H20N2O2/c1-19-11-6-7-12(19)9-13(8-11)21-17(20)15-10-18-16-5-3-2-4-14(15)16/h2-5,10-13,18H,6-9H2,1H3/t11-,12?,13?/m1/s1/i2D,3D,4D. The van der Waals surface area contributed by atoms with E-state index in [4.69, 9.17) is 8.85 Å². The highest BCUT2D eigenvalue weighted by atomic mass is 16.5. The summed E-state index contributed by atoms with van der Waals surface area (Å²) in [7, 11) is 2.14. The lowest BCUT2D eigenvalue weighted by Crippen LogP contribution is -2.43. The molecule has 2 aromatic rings. The zero-order valence-electron chi connectivity index (χ0n) is 15.0. The molecule has 2 aliphatic rings. The lowest BCUT2D eigenvalue weighted by Gasteiger charge is -2.35. The van der Waals surface area contributed by atoms with Crippen molar-refractivity contribution in [1.82, 2.24) is 9.88 Å². The molecule has 4 nitrogen and oxygen atoms in total. The normalized spacial score (nSPS) is 30.9. The van der Waals surface area contributed by atoms with Crippen LogP contribution in [0.2, 0.25) is 0 Å². The topological polar surface area (TPSA) is 45.3 Å². The number of hydrogen-bond donors (Lipinski definition) is 1. The van der Waals surface area contributed by atoms with Crippen LogP contribution in [0.5, 0.6) is 0 Å². The second-order valence-electron chi connectivity index (χ2n) is 6.08. The molecule has 3 atom stereocenters. The quantitative estimate of drug-likeness (QED) is 0.864. The Morgan fingerprint density at radius 2 is 2.14 bits per heavy atom. The Bertz CT molecular complexity index is 806. The first-order valence-electron chi connectivity index (χ1n) is 8.96. The number of nitrogens with zero attached hydrogens (tertiary/aromatic N) is 1. The lowest BCUT2D eigenvalue weighted by atomic mass is 10.0. The largest absolute Gasteiger partial charge is 0.459 e. The summed E-state index contributed by atoms with van der Waals surface area (Å²) in [5.74, 6) is -0.444. The predicted octanol–water partition coefficient (Wildman–Crippen LogP) is 2.95. The summed E-state index contributed by atoms with van der Waals surface area (Å²) in [5.41, 5.74) is 0.811. The van der Waals surface area contributed by atoms with Crippen LogP contribution >= 0.6 is 0 Å². The van der Waals surface area contributed by atoms with E-state index in [0.29, 0.717) is 23.0 Å². The molecule has 110 valence electrons. The fraction of sp³-hybridized carbons (Fsp3) is 0.471. The Balaban J connectivity index is 1.59. The number of para-hydroxylation sites is 1. The maximum atomic E-state index is 12.6. The van der Waals surface area contributed by atoms with Crippen LogP contribution in [-0.2, 0) is 4.74 Å². The highest BCUT2D eigenvalue weighted by molar-refractivity contribution is 6.04. The average molecular weight is 287 g/mol. The predicted molar refractivity (Wildman–Crippen MR) is 81.3 cm³/mol. The molecule has 1 N–H and O–H groups in total. The van der Waals surface area contributed by atoms with Crippen molar-refractivity contribution in [3.63, 3.8) is 0 Å². The highest BCUT2D eigenvalue weighted by Crippen LogP contribution is 2.35. The van der Waals surface area contributed by atoms with E-state index >= 15 is 0 Å². The van der Waals surface area contributed by atoms with Gasteiger partial charge in [0.15, 0.2) is 0 Å². The Labute approximate surface area is 128 Å². The van der Waals surface area contributed by atoms with Gasteiger partial charge in [-0.3, -0.25) is 0 Å². The van der Waals surface area contributed by atoms with Gasteiger partial charge >= 0.3 is 5.97 Å². The molecule has 21 heavy (non-hydrogen) atoms. The summed E-state index contributed by atoms with van der Waals surface area (Å²) in [6, 6.07) is 2.15. The summed E-state index contributed by atoms with van der Waals surface area (Å²) in [5, 5.41) is 0.372. The first-order valence-corrected chi connectivity index (χ1v) is 7.46. The van der Waals surface area contributed by atoms with Crippen LogP contribution in [0.25, 0.3) is 10.9 Å². The number of aromatic nitrogens is 1. The monoisotopic (exact) mass is 287 g/mol. The van der Waals surface area contributed by atoms with Gasteiger partial charge in [0.2, 0.25) is 0 Å². The molecular weight excluding hydrogens is 264 g/mol. The van der Waals surface area contributed by atoms with Crippen LogP contribution < -0.4 is 0 Å². The average Bonchev–Trinajstić information content (AvgIpc) is 3.03. The third kappa shape index (κ3) is 2.14. The number of carbonyl (C=O) groups excluding carboxylic acids is 1. The van der Waals surface area contributed by atoms with Crippen LogP contribution in [0.15, 0.2) is 30.4 Å². The van der Waals surface area contributed by atoms with Crippen LogP contribution in [0, 0.1) is 0 Å². The van der Waals surface area contributed by atoms with Crippen molar-refractivity contribution in [1.29, 1.82) is 0 Å². The summed E-state index contributed by atoms with van der Waals surface area (Å²) in [4.78, 5) is 17.9. The van der Waals surface area contributed by atoms with Gasteiger partial charge in [-0.25, -0.2) is 4.79 Å². The smallest absolute Gasteiger partial charge is 0.340 e. The van der Waals surface area contributed by atoms with Crippen molar-refractivity contribution in [3.05, 3.63) is 36.0 Å². The molecule has 4 heteroatoms. The number of piperidine rings is 1. The molecule has 0 spiro atoms. The number of nitrogens with one attached hydrogen (secondary N) is 1. The Hall–Kier alpha value is -1.81. The zero-order valence-corrected chi connectivity index (χ0v) is 12.0. The second kappa shape index (κ2) is 4.88. The van der Waals surface area contributed by atoms with E-state index in [1.807, 2.05) is 0 Å². The van der Waals surface area contributed by atoms with Crippen LogP contribution in [-0.4, -0.2) is 41.1 Å². The van der Waals surface area contributed by atoms with E-state index < -0.39 is 5.97 Å². The van der Waals surface area contributed by atoms with E-state index in [0.717, 1.165) is 25.7 Å². The van der Waals surface area contributed by atoms with E-state index in [1.54, 1.807) is 0 Å². The highest BCUT2D eigenvalue weighted by Gasteiger charge is 2.40. The fourth-order valence-corrected chi connectivity index (χ4v) is 3.73. The van der Waals surface area contributed by atoms with Crippen molar-refractivity contribution in [2.75, 3.05) is 7.05 Å². The zero-order chi connectivity index (χ0) is 17.0. The van der Waals surface area contributed by atoms with Gasteiger partial charge < -0.3 is 14.6 Å². The molecule has 0 amide bonds. The van der Waals surface area contributed by atoms with Crippen molar-refractivity contribution >= 4 is 16.9 Å². The number of H-pyrrole nitrogens is 1. The number of rotatable bonds is 2. The van der Waals surface area contributed by atoms with Crippen molar-refractivity contribution in [3.8, 4) is 0 Å². The number of benzene rings is 1. The molecule has 2 unspecified atom stereocenters. The first-order chi connectivity index (χ1) is 11.5. The van der Waals surface area contributed by atoms with Crippen molar-refractivity contribution < 1.29 is 13.6 Å². The lowest BCUT2D eigenvalue weighted by molar-refractivity contribution is -0.000258. The maximum Gasteiger partial charge on any atom is 0.340 e. The molecule has 1 aromatic carbocycles. The number of carbonyl (C=O) groups is 1.